The van der Waals surface area contributed by atoms with Crippen molar-refractivity contribution in [3.8, 4) is 0 Å². The highest BCUT2D eigenvalue weighted by molar-refractivity contribution is 5.79. The molecule has 0 bridgehead atoms. The van der Waals surface area contributed by atoms with Gasteiger partial charge in [-0.1, -0.05) is 6.92 Å². The summed E-state index contributed by atoms with van der Waals surface area (Å²) >= 11 is 0. The van der Waals surface area contributed by atoms with Gasteiger partial charge in [0, 0.05) is 25.9 Å². The van der Waals surface area contributed by atoms with Crippen LogP contribution in [0, 0.1) is 11.8 Å². The van der Waals surface area contributed by atoms with Crippen molar-refractivity contribution in [1.82, 2.24) is 10.2 Å². The maximum absolute atomic E-state index is 12.5. The molecule has 0 aromatic heterocycles. The van der Waals surface area contributed by atoms with Gasteiger partial charge in [-0.25, -0.2) is 0 Å². The van der Waals surface area contributed by atoms with Crippen LogP contribution in [0.1, 0.15) is 46.0 Å². The molecule has 1 heterocycles. The van der Waals surface area contributed by atoms with Gasteiger partial charge in [-0.2, -0.15) is 0 Å². The predicted octanol–water partition coefficient (Wildman–Crippen LogP) is 0.911. The van der Waals surface area contributed by atoms with Crippen LogP contribution in [0.4, 0.5) is 0 Å². The maximum Gasteiger partial charge on any atom is 0.225 e. The van der Waals surface area contributed by atoms with E-state index in [4.69, 9.17) is 0 Å². The largest absolute Gasteiger partial charge is 0.391 e. The third-order valence-corrected chi connectivity index (χ3v) is 4.65. The van der Waals surface area contributed by atoms with Crippen molar-refractivity contribution < 1.29 is 14.7 Å². The second-order valence-electron chi connectivity index (χ2n) is 6.39. The molecule has 0 unspecified atom stereocenters. The monoisotopic (exact) mass is 282 g/mol. The highest BCUT2D eigenvalue weighted by Crippen LogP contribution is 2.28. The highest BCUT2D eigenvalue weighted by atomic mass is 16.3. The van der Waals surface area contributed by atoms with Crippen molar-refractivity contribution >= 4 is 11.8 Å². The molecule has 3 atom stereocenters. The van der Waals surface area contributed by atoms with Crippen molar-refractivity contribution in [2.75, 3.05) is 13.1 Å². The molecule has 2 fully saturated rings. The van der Waals surface area contributed by atoms with E-state index in [0.29, 0.717) is 18.8 Å². The first-order chi connectivity index (χ1) is 9.47. The molecule has 2 aliphatic rings. The van der Waals surface area contributed by atoms with E-state index in [1.54, 1.807) is 0 Å². The van der Waals surface area contributed by atoms with Gasteiger partial charge in [-0.05, 0) is 38.0 Å². The lowest BCUT2D eigenvalue weighted by Crippen LogP contribution is -2.50. The Bertz CT molecular complexity index is 364. The van der Waals surface area contributed by atoms with Crippen LogP contribution in [0.2, 0.25) is 0 Å². The average molecular weight is 282 g/mol. The third kappa shape index (κ3) is 3.72. The quantitative estimate of drug-likeness (QED) is 0.791. The van der Waals surface area contributed by atoms with Gasteiger partial charge in [-0.3, -0.25) is 9.59 Å². The Morgan fingerprint density at radius 1 is 1.15 bits per heavy atom. The molecule has 1 aliphatic carbocycles. The number of aliphatic hydroxyl groups excluding tert-OH is 1. The zero-order chi connectivity index (χ0) is 14.7. The van der Waals surface area contributed by atoms with E-state index in [1.807, 2.05) is 4.90 Å². The van der Waals surface area contributed by atoms with E-state index in [2.05, 4.69) is 12.2 Å². The fourth-order valence-corrected chi connectivity index (χ4v) is 3.29. The van der Waals surface area contributed by atoms with Crippen LogP contribution in [-0.2, 0) is 9.59 Å². The summed E-state index contributed by atoms with van der Waals surface area (Å²) in [4.78, 5) is 25.5. The van der Waals surface area contributed by atoms with Gasteiger partial charge in [0.15, 0.2) is 0 Å². The van der Waals surface area contributed by atoms with Crippen molar-refractivity contribution in [1.29, 1.82) is 0 Å². The molecule has 5 heteroatoms. The second-order valence-corrected chi connectivity index (χ2v) is 6.39. The molecule has 20 heavy (non-hydrogen) atoms. The topological polar surface area (TPSA) is 69.6 Å². The summed E-state index contributed by atoms with van der Waals surface area (Å²) in [6.07, 6.45) is 3.46. The number of carbonyl (C=O) groups excluding carboxylic acids is 2. The Labute approximate surface area is 120 Å². The van der Waals surface area contributed by atoms with Crippen LogP contribution in [-0.4, -0.2) is 47.1 Å². The molecule has 1 saturated heterocycles. The predicted molar refractivity (Wildman–Crippen MR) is 75.9 cm³/mol. The summed E-state index contributed by atoms with van der Waals surface area (Å²) in [5.41, 5.74) is 0. The molecule has 2 N–H and O–H groups in total. The van der Waals surface area contributed by atoms with Gasteiger partial charge in [0.1, 0.15) is 0 Å². The van der Waals surface area contributed by atoms with Gasteiger partial charge in [0.2, 0.25) is 11.8 Å². The molecular weight excluding hydrogens is 256 g/mol. The average Bonchev–Trinajstić information content (AvgIpc) is 2.41. The number of nitrogens with zero attached hydrogens (tertiary/aromatic N) is 1. The van der Waals surface area contributed by atoms with Gasteiger partial charge >= 0.3 is 0 Å². The summed E-state index contributed by atoms with van der Waals surface area (Å²) in [5.74, 6) is 0.699. The number of rotatable bonds is 2. The van der Waals surface area contributed by atoms with Gasteiger partial charge in [-0.15, -0.1) is 0 Å². The van der Waals surface area contributed by atoms with Gasteiger partial charge in [0.05, 0.1) is 12.1 Å². The molecule has 0 radical (unpaired) electrons. The summed E-state index contributed by atoms with van der Waals surface area (Å²) in [6.45, 7) is 5.38. The first kappa shape index (κ1) is 15.3. The zero-order valence-electron chi connectivity index (χ0n) is 12.5. The summed E-state index contributed by atoms with van der Waals surface area (Å²) in [5, 5.41) is 12.9. The van der Waals surface area contributed by atoms with Crippen molar-refractivity contribution in [3.05, 3.63) is 0 Å². The van der Waals surface area contributed by atoms with E-state index in [9.17, 15) is 14.7 Å². The molecule has 0 spiro atoms. The second kappa shape index (κ2) is 6.57. The van der Waals surface area contributed by atoms with Crippen LogP contribution >= 0.6 is 0 Å². The lowest BCUT2D eigenvalue weighted by molar-refractivity contribution is -0.139. The van der Waals surface area contributed by atoms with Gasteiger partial charge < -0.3 is 15.3 Å². The van der Waals surface area contributed by atoms with E-state index in [-0.39, 0.29) is 23.8 Å². The zero-order valence-corrected chi connectivity index (χ0v) is 12.5. The number of likely N-dealkylation sites (tertiary alicyclic amines) is 1. The number of aliphatic hydroxyl groups is 1. The minimum Gasteiger partial charge on any atom is -0.391 e. The summed E-state index contributed by atoms with van der Waals surface area (Å²) in [6, 6.07) is -0.196. The molecule has 1 saturated carbocycles. The molecule has 0 aromatic rings. The van der Waals surface area contributed by atoms with Crippen LogP contribution in [0.5, 0.6) is 0 Å². The molecular formula is C15H26N2O3. The Morgan fingerprint density at radius 2 is 1.80 bits per heavy atom. The number of hydrogen-bond donors (Lipinski definition) is 2. The minimum absolute atomic E-state index is 0.0802. The Morgan fingerprint density at radius 3 is 2.35 bits per heavy atom. The first-order valence-electron chi connectivity index (χ1n) is 7.71. The van der Waals surface area contributed by atoms with Crippen LogP contribution in [0.3, 0.4) is 0 Å². The minimum atomic E-state index is -0.606. The Hall–Kier alpha value is -1.10. The fraction of sp³-hybridized carbons (Fsp3) is 0.867. The number of nitrogens with one attached hydrogen (secondary N) is 1. The van der Waals surface area contributed by atoms with E-state index < -0.39 is 6.10 Å². The number of amides is 2. The van der Waals surface area contributed by atoms with Crippen LogP contribution in [0.15, 0.2) is 0 Å². The fourth-order valence-electron chi connectivity index (χ4n) is 3.29. The molecule has 2 rings (SSSR count). The number of carbonyl (C=O) groups is 2. The van der Waals surface area contributed by atoms with Gasteiger partial charge in [0.25, 0.3) is 0 Å². The van der Waals surface area contributed by atoms with Crippen molar-refractivity contribution in [3.63, 3.8) is 0 Å². The molecule has 2 amide bonds. The van der Waals surface area contributed by atoms with E-state index in [0.717, 1.165) is 32.4 Å². The van der Waals surface area contributed by atoms with Crippen molar-refractivity contribution in [2.24, 2.45) is 11.8 Å². The molecule has 0 aromatic carbocycles. The molecule has 1 aliphatic heterocycles. The normalized spacial score (nSPS) is 31.9. The Balaban J connectivity index is 1.85. The third-order valence-electron chi connectivity index (χ3n) is 4.65. The first-order valence-corrected chi connectivity index (χ1v) is 7.71. The Kier molecular flexibility index (Phi) is 5.02. The number of piperidine rings is 1. The summed E-state index contributed by atoms with van der Waals surface area (Å²) < 4.78 is 0. The SMILES string of the molecule is CC(=O)N[C@H]1CC[C@H](C(=O)N2CCC(C)CC2)C[C@@H]1O. The van der Waals surface area contributed by atoms with Crippen LogP contribution in [0.25, 0.3) is 0 Å². The molecule has 114 valence electrons. The highest BCUT2D eigenvalue weighted by Gasteiger charge is 2.35. The molecule has 5 nitrogen and oxygen atoms in total. The maximum atomic E-state index is 12.5. The lowest BCUT2D eigenvalue weighted by atomic mass is 9.82. The standard InChI is InChI=1S/C15H26N2O3/c1-10-5-7-17(8-6-10)15(20)12-3-4-13(14(19)9-12)16-11(2)18/h10,12-14,19H,3-9H2,1-2H3,(H,16,18)/t12-,13-,14-/m0/s1. The van der Waals surface area contributed by atoms with Crippen molar-refractivity contribution in [2.45, 2.75) is 58.1 Å². The number of hydrogen-bond acceptors (Lipinski definition) is 3. The van der Waals surface area contributed by atoms with E-state index >= 15 is 0 Å². The summed E-state index contributed by atoms with van der Waals surface area (Å²) in [7, 11) is 0. The lowest BCUT2D eigenvalue weighted by Gasteiger charge is -2.37. The smallest absolute Gasteiger partial charge is 0.225 e. The van der Waals surface area contributed by atoms with E-state index in [1.165, 1.54) is 6.92 Å². The van der Waals surface area contributed by atoms with Crippen LogP contribution < -0.4 is 5.32 Å².